The molecule has 0 aliphatic heterocycles. The standard InChI is InChI=1S/C14H14F4O4/c15-7-22-14-4-11(8(16)19)1-12(5-14,9(17)20)3-13(2-11,6-14)10(18)21/h1-7H2. The topological polar surface area (TPSA) is 60.4 Å². The Morgan fingerprint density at radius 3 is 1.27 bits per heavy atom. The fourth-order valence-corrected chi connectivity index (χ4v) is 5.44. The summed E-state index contributed by atoms with van der Waals surface area (Å²) < 4.78 is 58.7. The molecule has 0 N–H and O–H groups in total. The number of carbonyl (C=O) groups excluding carboxylic acids is 3. The number of carbonyl (C=O) groups is 3. The first-order valence-electron chi connectivity index (χ1n) is 6.93. The number of hydrogen-bond acceptors (Lipinski definition) is 4. The van der Waals surface area contributed by atoms with Crippen molar-refractivity contribution in [2.45, 2.75) is 44.1 Å². The Bertz CT molecular complexity index is 493. The molecular formula is C14H14F4O4. The summed E-state index contributed by atoms with van der Waals surface area (Å²) >= 11 is 0. The van der Waals surface area contributed by atoms with Crippen molar-refractivity contribution in [2.75, 3.05) is 6.86 Å². The molecule has 0 amide bonds. The van der Waals surface area contributed by atoms with E-state index in [1.165, 1.54) is 0 Å². The van der Waals surface area contributed by atoms with Crippen molar-refractivity contribution in [2.24, 2.45) is 16.2 Å². The molecule has 0 heterocycles. The second kappa shape index (κ2) is 4.37. The van der Waals surface area contributed by atoms with Crippen molar-refractivity contribution in [3.05, 3.63) is 0 Å². The maximum atomic E-state index is 13.7. The predicted octanol–water partition coefficient (Wildman–Crippen LogP) is 2.50. The quantitative estimate of drug-likeness (QED) is 0.576. The fourth-order valence-electron chi connectivity index (χ4n) is 5.44. The lowest BCUT2D eigenvalue weighted by atomic mass is 9.38. The third-order valence-electron chi connectivity index (χ3n) is 5.62. The van der Waals surface area contributed by atoms with Crippen molar-refractivity contribution >= 4 is 18.1 Å². The summed E-state index contributed by atoms with van der Waals surface area (Å²) in [6, 6.07) is -5.51. The molecule has 122 valence electrons. The summed E-state index contributed by atoms with van der Waals surface area (Å²) in [5.41, 5.74) is -7.18. The van der Waals surface area contributed by atoms with Gasteiger partial charge in [0.2, 0.25) is 0 Å². The monoisotopic (exact) mass is 322 g/mol. The lowest BCUT2D eigenvalue weighted by Gasteiger charge is -2.65. The minimum absolute atomic E-state index is 0.274. The molecule has 0 spiro atoms. The van der Waals surface area contributed by atoms with Crippen molar-refractivity contribution < 1.29 is 36.7 Å². The summed E-state index contributed by atoms with van der Waals surface area (Å²) in [7, 11) is 0. The number of alkyl halides is 1. The molecular weight excluding hydrogens is 308 g/mol. The van der Waals surface area contributed by atoms with Crippen LogP contribution in [0.3, 0.4) is 0 Å². The lowest BCUT2D eigenvalue weighted by Crippen LogP contribution is -2.68. The molecule has 0 radical (unpaired) electrons. The van der Waals surface area contributed by atoms with Crippen LogP contribution in [-0.2, 0) is 19.1 Å². The van der Waals surface area contributed by atoms with Gasteiger partial charge in [0.15, 0.2) is 6.86 Å². The molecule has 4 fully saturated rings. The predicted molar refractivity (Wildman–Crippen MR) is 63.1 cm³/mol. The Labute approximate surface area is 123 Å². The minimum atomic E-state index is -1.87. The van der Waals surface area contributed by atoms with E-state index < -0.39 is 66.1 Å². The normalized spacial score (nSPS) is 45.8. The molecule has 4 aliphatic carbocycles. The van der Waals surface area contributed by atoms with Gasteiger partial charge in [-0.25, -0.2) is 4.39 Å². The number of halogens is 4. The first-order valence-corrected chi connectivity index (χ1v) is 6.93. The van der Waals surface area contributed by atoms with Gasteiger partial charge in [-0.05, 0) is 38.5 Å². The molecule has 8 heteroatoms. The molecule has 4 aliphatic rings. The molecule has 0 atom stereocenters. The molecule has 0 aromatic carbocycles. The molecule has 22 heavy (non-hydrogen) atoms. The van der Waals surface area contributed by atoms with Gasteiger partial charge in [-0.2, -0.15) is 13.2 Å². The summed E-state index contributed by atoms with van der Waals surface area (Å²) in [6.07, 6.45) is -2.12. The zero-order valence-electron chi connectivity index (χ0n) is 11.6. The van der Waals surface area contributed by atoms with E-state index in [1.54, 1.807) is 0 Å². The van der Waals surface area contributed by atoms with Gasteiger partial charge in [0.25, 0.3) is 0 Å². The van der Waals surface area contributed by atoms with Crippen LogP contribution >= 0.6 is 0 Å². The summed E-state index contributed by atoms with van der Waals surface area (Å²) in [5.74, 6) is 0. The van der Waals surface area contributed by atoms with E-state index in [0.717, 1.165) is 0 Å². The third kappa shape index (κ3) is 1.82. The average Bonchev–Trinajstić information content (AvgIpc) is 2.36. The van der Waals surface area contributed by atoms with Crippen LogP contribution in [0.2, 0.25) is 0 Å². The Kier molecular flexibility index (Phi) is 3.09. The molecule has 4 rings (SSSR count). The summed E-state index contributed by atoms with van der Waals surface area (Å²) in [5, 5.41) is 0. The summed E-state index contributed by atoms with van der Waals surface area (Å²) in [6.45, 7) is -1.32. The van der Waals surface area contributed by atoms with Gasteiger partial charge in [0.05, 0.1) is 21.8 Å². The van der Waals surface area contributed by atoms with Crippen LogP contribution in [-0.4, -0.2) is 30.6 Å². The Balaban J connectivity index is 2.19. The highest BCUT2D eigenvalue weighted by molar-refractivity contribution is 5.87. The SMILES string of the molecule is O=C(F)C12CC3(OCF)CC(C(=O)F)(C1)CC(C(=O)F)(C3)C2. The van der Waals surface area contributed by atoms with Gasteiger partial charge in [0, 0.05) is 0 Å². The molecule has 0 saturated heterocycles. The minimum Gasteiger partial charge on any atom is -0.344 e. The van der Waals surface area contributed by atoms with Gasteiger partial charge in [-0.1, -0.05) is 0 Å². The van der Waals surface area contributed by atoms with Gasteiger partial charge >= 0.3 is 18.1 Å². The second-order valence-electron chi connectivity index (χ2n) is 7.16. The van der Waals surface area contributed by atoms with Crippen LogP contribution in [0.1, 0.15) is 38.5 Å². The largest absolute Gasteiger partial charge is 0.344 e. The highest BCUT2D eigenvalue weighted by atomic mass is 19.1. The lowest BCUT2D eigenvalue weighted by molar-refractivity contribution is -0.257. The van der Waals surface area contributed by atoms with Crippen LogP contribution in [0.25, 0.3) is 0 Å². The zero-order valence-corrected chi connectivity index (χ0v) is 11.6. The van der Waals surface area contributed by atoms with E-state index in [2.05, 4.69) is 0 Å². The van der Waals surface area contributed by atoms with Crippen molar-refractivity contribution in [3.8, 4) is 0 Å². The van der Waals surface area contributed by atoms with Gasteiger partial charge < -0.3 is 4.74 Å². The highest BCUT2D eigenvalue weighted by Crippen LogP contribution is 2.72. The Morgan fingerprint density at radius 2 is 1.05 bits per heavy atom. The van der Waals surface area contributed by atoms with Gasteiger partial charge in [0.1, 0.15) is 0 Å². The second-order valence-corrected chi connectivity index (χ2v) is 7.16. The van der Waals surface area contributed by atoms with E-state index >= 15 is 0 Å². The smallest absolute Gasteiger partial charge is 0.307 e. The first kappa shape index (κ1) is 15.6. The highest BCUT2D eigenvalue weighted by Gasteiger charge is 2.75. The van der Waals surface area contributed by atoms with E-state index in [0.29, 0.717) is 0 Å². The number of ether oxygens (including phenoxy) is 1. The van der Waals surface area contributed by atoms with E-state index in [1.807, 2.05) is 0 Å². The van der Waals surface area contributed by atoms with E-state index in [-0.39, 0.29) is 19.3 Å². The number of hydrogen-bond donors (Lipinski definition) is 0. The van der Waals surface area contributed by atoms with Crippen LogP contribution < -0.4 is 0 Å². The van der Waals surface area contributed by atoms with Crippen molar-refractivity contribution in [3.63, 3.8) is 0 Å². The number of rotatable bonds is 5. The fraction of sp³-hybridized carbons (Fsp3) is 0.786. The maximum Gasteiger partial charge on any atom is 0.307 e. The van der Waals surface area contributed by atoms with Crippen molar-refractivity contribution in [1.29, 1.82) is 0 Å². The van der Waals surface area contributed by atoms with E-state index in [4.69, 9.17) is 4.74 Å². The molecule has 0 unspecified atom stereocenters. The van der Waals surface area contributed by atoms with Gasteiger partial charge in [-0.3, -0.25) is 14.4 Å². The zero-order chi connectivity index (χ0) is 16.4. The molecule has 4 nitrogen and oxygen atoms in total. The van der Waals surface area contributed by atoms with Crippen LogP contribution in [0.4, 0.5) is 17.6 Å². The molecule has 4 saturated carbocycles. The van der Waals surface area contributed by atoms with Crippen LogP contribution in [0, 0.1) is 16.2 Å². The average molecular weight is 322 g/mol. The van der Waals surface area contributed by atoms with Crippen molar-refractivity contribution in [1.82, 2.24) is 0 Å². The maximum absolute atomic E-state index is 13.7. The summed E-state index contributed by atoms with van der Waals surface area (Å²) in [4.78, 5) is 34.5. The first-order chi connectivity index (χ1) is 10.1. The van der Waals surface area contributed by atoms with Crippen LogP contribution in [0.5, 0.6) is 0 Å². The van der Waals surface area contributed by atoms with Crippen LogP contribution in [0.15, 0.2) is 0 Å². The Morgan fingerprint density at radius 1 is 0.727 bits per heavy atom. The van der Waals surface area contributed by atoms with Gasteiger partial charge in [-0.15, -0.1) is 0 Å². The van der Waals surface area contributed by atoms with E-state index in [9.17, 15) is 31.9 Å². The molecule has 0 aromatic heterocycles. The third-order valence-corrected chi connectivity index (χ3v) is 5.62. The molecule has 0 aromatic rings. The molecule has 4 bridgehead atoms. The Hall–Kier alpha value is -1.31.